The number of phenols is 1. The van der Waals surface area contributed by atoms with Gasteiger partial charge in [-0.25, -0.2) is 9.59 Å². The molecule has 0 bridgehead atoms. The molecule has 214 valence electrons. The van der Waals surface area contributed by atoms with Crippen LogP contribution < -0.4 is 10.6 Å². The van der Waals surface area contributed by atoms with Gasteiger partial charge in [0.1, 0.15) is 12.4 Å². The molecule has 0 aliphatic carbocycles. The lowest BCUT2D eigenvalue weighted by atomic mass is 9.92. The van der Waals surface area contributed by atoms with Crippen molar-refractivity contribution in [1.29, 1.82) is 0 Å². The van der Waals surface area contributed by atoms with Gasteiger partial charge in [-0.1, -0.05) is 73.6 Å². The van der Waals surface area contributed by atoms with E-state index in [1.807, 2.05) is 30.9 Å². The minimum Gasteiger partial charge on any atom is -0.508 e. The summed E-state index contributed by atoms with van der Waals surface area (Å²) < 4.78 is 5.59. The molecule has 0 aromatic heterocycles. The zero-order valence-electron chi connectivity index (χ0n) is 23.7. The Hall–Kier alpha value is -3.39. The number of thioether (sulfide) groups is 1. The second kappa shape index (κ2) is 13.3. The van der Waals surface area contributed by atoms with Crippen LogP contribution in [0.2, 0.25) is 0 Å². The summed E-state index contributed by atoms with van der Waals surface area (Å²) in [7, 11) is 0. The largest absolute Gasteiger partial charge is 0.508 e. The average Bonchev–Trinajstić information content (AvgIpc) is 2.92. The number of aromatic hydroxyl groups is 1. The van der Waals surface area contributed by atoms with Gasteiger partial charge in [-0.05, 0) is 68.5 Å². The van der Waals surface area contributed by atoms with Crippen LogP contribution in [0.5, 0.6) is 5.75 Å². The van der Waals surface area contributed by atoms with Gasteiger partial charge < -0.3 is 25.4 Å². The minimum atomic E-state index is -0.758. The first kappa shape index (κ1) is 29.6. The highest BCUT2D eigenvalue weighted by Crippen LogP contribution is 2.41. The molecule has 1 aliphatic heterocycles. The van der Waals surface area contributed by atoms with Crippen molar-refractivity contribution in [2.75, 3.05) is 13.1 Å². The molecule has 0 spiro atoms. The fraction of sp³-hybridized carbons (Fsp3) is 0.438. The van der Waals surface area contributed by atoms with Crippen LogP contribution in [-0.2, 0) is 11.3 Å². The molecule has 1 atom stereocenters. The number of carbonyl (C=O) groups is 2. The maximum Gasteiger partial charge on any atom is 0.408 e. The Bertz CT molecular complexity index is 1310. The van der Waals surface area contributed by atoms with Crippen LogP contribution in [0.25, 0.3) is 10.8 Å². The molecule has 1 aliphatic rings. The third-order valence-corrected chi connectivity index (χ3v) is 8.52. The number of amides is 3. The maximum absolute atomic E-state index is 13.3. The second-order valence-corrected chi connectivity index (χ2v) is 12.7. The number of carbonyl (C=O) groups excluding carboxylic acids is 2. The molecular weight excluding hydrogens is 522 g/mol. The van der Waals surface area contributed by atoms with E-state index in [-0.39, 0.29) is 18.4 Å². The number of likely N-dealkylation sites (tertiary alicyclic amines) is 1. The van der Waals surface area contributed by atoms with E-state index in [0.29, 0.717) is 18.4 Å². The van der Waals surface area contributed by atoms with Gasteiger partial charge in [-0.15, -0.1) is 0 Å². The van der Waals surface area contributed by atoms with Crippen molar-refractivity contribution in [1.82, 2.24) is 15.5 Å². The zero-order valence-corrected chi connectivity index (χ0v) is 24.6. The Morgan fingerprint density at radius 2 is 1.65 bits per heavy atom. The van der Waals surface area contributed by atoms with Gasteiger partial charge in [0.05, 0.1) is 4.87 Å². The molecule has 4 rings (SSSR count). The molecule has 0 radical (unpaired) electrons. The summed E-state index contributed by atoms with van der Waals surface area (Å²) in [6.07, 6.45) is 4.60. The normalized spacial score (nSPS) is 15.3. The number of hydrogen-bond donors (Lipinski definition) is 3. The van der Waals surface area contributed by atoms with E-state index in [2.05, 4.69) is 47.9 Å². The number of nitrogens with zero attached hydrogens (tertiary/aromatic N) is 1. The van der Waals surface area contributed by atoms with Crippen LogP contribution in [0.4, 0.5) is 9.59 Å². The number of rotatable bonds is 10. The van der Waals surface area contributed by atoms with Gasteiger partial charge in [0.25, 0.3) is 0 Å². The number of ether oxygens (including phenoxy) is 1. The topological polar surface area (TPSA) is 90.9 Å². The Morgan fingerprint density at radius 3 is 2.38 bits per heavy atom. The first-order chi connectivity index (χ1) is 19.2. The summed E-state index contributed by atoms with van der Waals surface area (Å²) in [6.45, 7) is 7.60. The van der Waals surface area contributed by atoms with E-state index < -0.39 is 16.5 Å². The van der Waals surface area contributed by atoms with Crippen molar-refractivity contribution >= 4 is 34.7 Å². The van der Waals surface area contributed by atoms with Gasteiger partial charge >= 0.3 is 12.1 Å². The van der Waals surface area contributed by atoms with Crippen molar-refractivity contribution in [2.45, 2.75) is 81.2 Å². The number of phenolic OH excluding ortho intramolecular Hbond substituents is 1. The lowest BCUT2D eigenvalue weighted by molar-refractivity contribution is 0.128. The van der Waals surface area contributed by atoms with Crippen LogP contribution in [0.1, 0.15) is 64.9 Å². The SMILES string of the molecule is CCCC(CC(C)(C)NC(=O)N1CCCCC1)(NC(=O)OCc1ccccc1O)Sc1ccc2ccccc2c1. The molecule has 3 amide bonds. The predicted octanol–water partition coefficient (Wildman–Crippen LogP) is 7.42. The molecule has 0 saturated carbocycles. The predicted molar refractivity (Wildman–Crippen MR) is 162 cm³/mol. The number of urea groups is 1. The monoisotopic (exact) mass is 563 g/mol. The Kier molecular flexibility index (Phi) is 9.85. The van der Waals surface area contributed by atoms with E-state index in [4.69, 9.17) is 4.74 Å². The lowest BCUT2D eigenvalue weighted by Gasteiger charge is -2.41. The number of hydrogen-bond acceptors (Lipinski definition) is 5. The van der Waals surface area contributed by atoms with Gasteiger partial charge in [-0.2, -0.15) is 0 Å². The zero-order chi connectivity index (χ0) is 28.6. The average molecular weight is 564 g/mol. The van der Waals surface area contributed by atoms with Crippen molar-refractivity contribution in [3.05, 3.63) is 72.3 Å². The molecule has 1 fully saturated rings. The fourth-order valence-electron chi connectivity index (χ4n) is 5.39. The Balaban J connectivity index is 1.58. The summed E-state index contributed by atoms with van der Waals surface area (Å²) in [5.74, 6) is 0.0854. The first-order valence-corrected chi connectivity index (χ1v) is 15.0. The summed E-state index contributed by atoms with van der Waals surface area (Å²) >= 11 is 1.59. The van der Waals surface area contributed by atoms with Crippen LogP contribution in [0.15, 0.2) is 71.6 Å². The summed E-state index contributed by atoms with van der Waals surface area (Å²) in [4.78, 5) is 28.5. The van der Waals surface area contributed by atoms with E-state index in [9.17, 15) is 14.7 Å². The number of fused-ring (bicyclic) bond motifs is 1. The molecule has 7 nitrogen and oxygen atoms in total. The third kappa shape index (κ3) is 8.07. The summed E-state index contributed by atoms with van der Waals surface area (Å²) in [5, 5.41) is 18.8. The molecule has 3 N–H and O–H groups in total. The van der Waals surface area contributed by atoms with Crippen molar-refractivity contribution in [2.24, 2.45) is 0 Å². The van der Waals surface area contributed by atoms with Crippen LogP contribution >= 0.6 is 11.8 Å². The lowest BCUT2D eigenvalue weighted by Crippen LogP contribution is -2.57. The smallest absolute Gasteiger partial charge is 0.408 e. The van der Waals surface area contributed by atoms with Crippen LogP contribution in [-0.4, -0.2) is 45.6 Å². The van der Waals surface area contributed by atoms with Crippen LogP contribution in [0, 0.1) is 0 Å². The van der Waals surface area contributed by atoms with Gasteiger partial charge in [0, 0.05) is 35.5 Å². The van der Waals surface area contributed by atoms with E-state index in [1.54, 1.807) is 36.0 Å². The van der Waals surface area contributed by atoms with Crippen molar-refractivity contribution in [3.63, 3.8) is 0 Å². The Labute approximate surface area is 241 Å². The van der Waals surface area contributed by atoms with Crippen molar-refractivity contribution < 1.29 is 19.4 Å². The highest BCUT2D eigenvalue weighted by molar-refractivity contribution is 8.00. The summed E-state index contributed by atoms with van der Waals surface area (Å²) in [6, 6.07) is 21.3. The fourth-order valence-corrected chi connectivity index (χ4v) is 7.04. The third-order valence-electron chi connectivity index (χ3n) is 7.18. The van der Waals surface area contributed by atoms with Gasteiger partial charge in [-0.3, -0.25) is 0 Å². The van der Waals surface area contributed by atoms with Crippen LogP contribution in [0.3, 0.4) is 0 Å². The first-order valence-electron chi connectivity index (χ1n) is 14.2. The van der Waals surface area contributed by atoms with E-state index in [0.717, 1.165) is 54.4 Å². The number of para-hydroxylation sites is 1. The molecule has 40 heavy (non-hydrogen) atoms. The molecule has 1 heterocycles. The number of alkyl carbamates (subject to hydrolysis) is 1. The molecule has 3 aromatic carbocycles. The quantitative estimate of drug-likeness (QED) is 0.176. The maximum atomic E-state index is 13.3. The molecule has 1 unspecified atom stereocenters. The van der Waals surface area contributed by atoms with Gasteiger partial charge in [0.2, 0.25) is 0 Å². The number of benzene rings is 3. The standard InChI is InChI=1S/C32H41N3O4S/c1-4-18-32(34-30(38)39-22-26-14-8-9-15-28(26)36,40-27-17-16-24-12-6-7-13-25(24)21-27)23-31(2,3)33-29(37)35-19-10-5-11-20-35/h6-9,12-17,21,36H,4-5,10-11,18-20,22-23H2,1-3H3,(H,33,37)(H,34,38). The van der Waals surface area contributed by atoms with Gasteiger partial charge in [0.15, 0.2) is 0 Å². The molecular formula is C32H41N3O4S. The number of piperidine rings is 1. The summed E-state index contributed by atoms with van der Waals surface area (Å²) in [5.41, 5.74) is -0.0755. The van der Waals surface area contributed by atoms with E-state index in [1.165, 1.54) is 0 Å². The Morgan fingerprint density at radius 1 is 0.950 bits per heavy atom. The highest BCUT2D eigenvalue weighted by Gasteiger charge is 2.40. The molecule has 1 saturated heterocycles. The minimum absolute atomic E-state index is 0.0452. The molecule has 3 aromatic rings. The second-order valence-electron chi connectivity index (χ2n) is 11.2. The number of nitrogens with one attached hydrogen (secondary N) is 2. The highest BCUT2D eigenvalue weighted by atomic mass is 32.2. The van der Waals surface area contributed by atoms with Crippen molar-refractivity contribution in [3.8, 4) is 5.75 Å². The van der Waals surface area contributed by atoms with E-state index >= 15 is 0 Å². The molecule has 8 heteroatoms.